The van der Waals surface area contributed by atoms with Crippen LogP contribution < -0.4 is 0 Å². The number of benzene rings is 1. The standard InChI is InChI=1S/C17H18F3N3O2/c18-17(19,20)13-2-4-15-12(9-13)1-3-14(21-15)10-22-5-7-23(8-6-22)16(25)11-24/h1-4,9,24H,5-8,10-11H2. The van der Waals surface area contributed by atoms with Gasteiger partial charge in [-0.1, -0.05) is 6.07 Å². The van der Waals surface area contributed by atoms with E-state index in [1.807, 2.05) is 0 Å². The number of carbonyl (C=O) groups is 1. The average molecular weight is 353 g/mol. The van der Waals surface area contributed by atoms with E-state index in [1.54, 1.807) is 17.0 Å². The highest BCUT2D eigenvalue weighted by molar-refractivity contribution is 5.79. The van der Waals surface area contributed by atoms with E-state index in [4.69, 9.17) is 5.11 Å². The summed E-state index contributed by atoms with van der Waals surface area (Å²) in [5, 5.41) is 9.33. The first kappa shape index (κ1) is 17.6. The van der Waals surface area contributed by atoms with Gasteiger partial charge in [0.15, 0.2) is 0 Å². The Bertz CT molecular complexity index is 771. The molecule has 1 aromatic heterocycles. The Morgan fingerprint density at radius 2 is 1.84 bits per heavy atom. The average Bonchev–Trinajstić information content (AvgIpc) is 2.60. The second kappa shape index (κ2) is 6.97. The highest BCUT2D eigenvalue weighted by Crippen LogP contribution is 2.31. The van der Waals surface area contributed by atoms with Crippen LogP contribution in [0.1, 0.15) is 11.3 Å². The number of carbonyl (C=O) groups excluding carboxylic acids is 1. The molecular formula is C17H18F3N3O2. The molecule has 0 saturated carbocycles. The number of aromatic nitrogens is 1. The third-order valence-electron chi connectivity index (χ3n) is 4.32. The molecule has 0 spiro atoms. The predicted molar refractivity (Wildman–Crippen MR) is 85.7 cm³/mol. The van der Waals surface area contributed by atoms with E-state index >= 15 is 0 Å². The zero-order chi connectivity index (χ0) is 18.0. The summed E-state index contributed by atoms with van der Waals surface area (Å²) in [7, 11) is 0. The summed E-state index contributed by atoms with van der Waals surface area (Å²) in [6.07, 6.45) is -4.36. The predicted octanol–water partition coefficient (Wildman–Crippen LogP) is 1.89. The molecule has 5 nitrogen and oxygen atoms in total. The van der Waals surface area contributed by atoms with Gasteiger partial charge in [-0.05, 0) is 24.3 Å². The number of nitrogens with zero attached hydrogens (tertiary/aromatic N) is 3. The van der Waals surface area contributed by atoms with Gasteiger partial charge >= 0.3 is 6.18 Å². The van der Waals surface area contributed by atoms with Crippen molar-refractivity contribution in [1.82, 2.24) is 14.8 Å². The first-order chi connectivity index (χ1) is 11.9. The molecule has 25 heavy (non-hydrogen) atoms. The summed E-state index contributed by atoms with van der Waals surface area (Å²) in [5.74, 6) is -0.274. The van der Waals surface area contributed by atoms with Crippen LogP contribution >= 0.6 is 0 Å². The van der Waals surface area contributed by atoms with E-state index in [0.29, 0.717) is 43.6 Å². The van der Waals surface area contributed by atoms with Crippen LogP contribution in [0.25, 0.3) is 10.9 Å². The molecule has 2 heterocycles. The summed E-state index contributed by atoms with van der Waals surface area (Å²) in [6, 6.07) is 6.91. The number of fused-ring (bicyclic) bond motifs is 1. The van der Waals surface area contributed by atoms with Crippen LogP contribution in [0.2, 0.25) is 0 Å². The molecular weight excluding hydrogens is 335 g/mol. The van der Waals surface area contributed by atoms with Gasteiger partial charge in [-0.25, -0.2) is 0 Å². The zero-order valence-electron chi connectivity index (χ0n) is 13.5. The van der Waals surface area contributed by atoms with Gasteiger partial charge in [0, 0.05) is 38.1 Å². The Labute approximate surface area is 142 Å². The number of piperazine rings is 1. The third-order valence-corrected chi connectivity index (χ3v) is 4.32. The summed E-state index contributed by atoms with van der Waals surface area (Å²) in [5.41, 5.74) is 0.619. The first-order valence-electron chi connectivity index (χ1n) is 7.95. The highest BCUT2D eigenvalue weighted by Gasteiger charge is 2.30. The number of hydrogen-bond acceptors (Lipinski definition) is 4. The Morgan fingerprint density at radius 3 is 2.48 bits per heavy atom. The maximum Gasteiger partial charge on any atom is 0.416 e. The molecule has 2 aromatic rings. The van der Waals surface area contributed by atoms with Crippen LogP contribution in [0.3, 0.4) is 0 Å². The van der Waals surface area contributed by atoms with Crippen molar-refractivity contribution in [2.75, 3.05) is 32.8 Å². The van der Waals surface area contributed by atoms with Crippen LogP contribution in [0.4, 0.5) is 13.2 Å². The van der Waals surface area contributed by atoms with Crippen molar-refractivity contribution in [1.29, 1.82) is 0 Å². The zero-order valence-corrected chi connectivity index (χ0v) is 13.5. The third kappa shape index (κ3) is 4.08. The van der Waals surface area contributed by atoms with E-state index in [1.165, 1.54) is 6.07 Å². The van der Waals surface area contributed by atoms with E-state index in [-0.39, 0.29) is 5.91 Å². The number of amides is 1. The molecule has 1 aliphatic heterocycles. The second-order valence-electron chi connectivity index (χ2n) is 6.02. The maximum atomic E-state index is 12.7. The van der Waals surface area contributed by atoms with Gasteiger partial charge in [0.2, 0.25) is 5.91 Å². The van der Waals surface area contributed by atoms with Crippen molar-refractivity contribution in [2.45, 2.75) is 12.7 Å². The molecule has 0 bridgehead atoms. The number of aliphatic hydroxyl groups is 1. The largest absolute Gasteiger partial charge is 0.416 e. The Morgan fingerprint density at radius 1 is 1.12 bits per heavy atom. The van der Waals surface area contributed by atoms with Crippen molar-refractivity contribution < 1.29 is 23.1 Å². The van der Waals surface area contributed by atoms with Gasteiger partial charge in [0.05, 0.1) is 16.8 Å². The van der Waals surface area contributed by atoms with E-state index in [0.717, 1.165) is 17.8 Å². The van der Waals surface area contributed by atoms with Gasteiger partial charge in [0.1, 0.15) is 6.61 Å². The van der Waals surface area contributed by atoms with Crippen LogP contribution in [0, 0.1) is 0 Å². The molecule has 1 saturated heterocycles. The van der Waals surface area contributed by atoms with Gasteiger partial charge in [-0.2, -0.15) is 13.2 Å². The Kier molecular flexibility index (Phi) is 4.91. The van der Waals surface area contributed by atoms with Crippen molar-refractivity contribution in [3.05, 3.63) is 41.6 Å². The van der Waals surface area contributed by atoms with Crippen LogP contribution in [0.15, 0.2) is 30.3 Å². The van der Waals surface area contributed by atoms with E-state index in [9.17, 15) is 18.0 Å². The molecule has 1 amide bonds. The summed E-state index contributed by atoms with van der Waals surface area (Å²) in [4.78, 5) is 19.6. The van der Waals surface area contributed by atoms with Gasteiger partial charge < -0.3 is 10.0 Å². The Balaban J connectivity index is 1.68. The minimum absolute atomic E-state index is 0.274. The molecule has 1 aromatic carbocycles. The molecule has 1 N–H and O–H groups in total. The number of pyridine rings is 1. The molecule has 1 aliphatic rings. The number of aliphatic hydroxyl groups excluding tert-OH is 1. The maximum absolute atomic E-state index is 12.7. The summed E-state index contributed by atoms with van der Waals surface area (Å²) < 4.78 is 38.2. The SMILES string of the molecule is O=C(CO)N1CCN(Cc2ccc3cc(C(F)(F)F)ccc3n2)CC1. The van der Waals surface area contributed by atoms with E-state index < -0.39 is 18.3 Å². The highest BCUT2D eigenvalue weighted by atomic mass is 19.4. The van der Waals surface area contributed by atoms with Crippen LogP contribution in [-0.2, 0) is 17.5 Å². The van der Waals surface area contributed by atoms with Crippen molar-refractivity contribution in [3.8, 4) is 0 Å². The number of rotatable bonds is 3. The lowest BCUT2D eigenvalue weighted by Crippen LogP contribution is -2.49. The number of hydrogen-bond donors (Lipinski definition) is 1. The monoisotopic (exact) mass is 353 g/mol. The smallest absolute Gasteiger partial charge is 0.387 e. The number of halogens is 3. The van der Waals surface area contributed by atoms with E-state index in [2.05, 4.69) is 9.88 Å². The van der Waals surface area contributed by atoms with Crippen molar-refractivity contribution in [3.63, 3.8) is 0 Å². The first-order valence-corrected chi connectivity index (χ1v) is 7.95. The fraction of sp³-hybridized carbons (Fsp3) is 0.412. The lowest BCUT2D eigenvalue weighted by molar-refractivity contribution is -0.137. The minimum Gasteiger partial charge on any atom is -0.387 e. The lowest BCUT2D eigenvalue weighted by Gasteiger charge is -2.34. The fourth-order valence-corrected chi connectivity index (χ4v) is 2.92. The quantitative estimate of drug-likeness (QED) is 0.916. The van der Waals surface area contributed by atoms with Gasteiger partial charge in [0.25, 0.3) is 0 Å². The second-order valence-corrected chi connectivity index (χ2v) is 6.02. The molecule has 8 heteroatoms. The van der Waals surface area contributed by atoms with Crippen LogP contribution in [-0.4, -0.2) is 58.6 Å². The topological polar surface area (TPSA) is 56.7 Å². The molecule has 3 rings (SSSR count). The summed E-state index contributed by atoms with van der Waals surface area (Å²) >= 11 is 0. The number of alkyl halides is 3. The van der Waals surface area contributed by atoms with Gasteiger partial charge in [-0.3, -0.25) is 14.7 Å². The molecule has 0 unspecified atom stereocenters. The Hall–Kier alpha value is -2.19. The van der Waals surface area contributed by atoms with Crippen molar-refractivity contribution >= 4 is 16.8 Å². The molecule has 0 aliphatic carbocycles. The molecule has 1 fully saturated rings. The molecule has 0 atom stereocenters. The molecule has 0 radical (unpaired) electrons. The molecule has 134 valence electrons. The van der Waals surface area contributed by atoms with Crippen molar-refractivity contribution in [2.24, 2.45) is 0 Å². The lowest BCUT2D eigenvalue weighted by atomic mass is 10.1. The fourth-order valence-electron chi connectivity index (χ4n) is 2.92. The van der Waals surface area contributed by atoms with Gasteiger partial charge in [-0.15, -0.1) is 0 Å². The van der Waals surface area contributed by atoms with Crippen LogP contribution in [0.5, 0.6) is 0 Å². The summed E-state index contributed by atoms with van der Waals surface area (Å²) in [6.45, 7) is 2.50. The normalized spacial score (nSPS) is 16.4. The minimum atomic E-state index is -4.36.